The second-order valence-electron chi connectivity index (χ2n) is 5.30. The Bertz CT molecular complexity index is 930. The highest BCUT2D eigenvalue weighted by Gasteiger charge is 2.10. The number of hydrogen-bond acceptors (Lipinski definition) is 5. The summed E-state index contributed by atoms with van der Waals surface area (Å²) in [6, 6.07) is 14.2. The second-order valence-corrected chi connectivity index (χ2v) is 5.30. The smallest absolute Gasteiger partial charge is 0.337 e. The molecule has 0 saturated heterocycles. The Hall–Kier alpha value is -3.48. The maximum Gasteiger partial charge on any atom is 0.337 e. The van der Waals surface area contributed by atoms with Crippen molar-refractivity contribution in [1.82, 2.24) is 9.97 Å². The third-order valence-electron chi connectivity index (χ3n) is 3.36. The number of nitrogens with zero attached hydrogens (tertiary/aromatic N) is 2. The molecule has 3 aromatic rings. The molecule has 0 aliphatic carbocycles. The minimum atomic E-state index is -1.04. The molecule has 2 aromatic carbocycles. The van der Waals surface area contributed by atoms with Crippen LogP contribution in [0.5, 0.6) is 0 Å². The van der Waals surface area contributed by atoms with Crippen LogP contribution in [-0.4, -0.2) is 21.0 Å². The molecule has 0 amide bonds. The molecule has 0 bridgehead atoms. The van der Waals surface area contributed by atoms with E-state index in [1.54, 1.807) is 43.3 Å². The van der Waals surface area contributed by atoms with E-state index >= 15 is 0 Å². The van der Waals surface area contributed by atoms with Crippen LogP contribution in [-0.2, 0) is 0 Å². The Labute approximate surface area is 143 Å². The quantitative estimate of drug-likeness (QED) is 0.649. The summed E-state index contributed by atoms with van der Waals surface area (Å²) in [6.45, 7) is 1.71. The highest BCUT2D eigenvalue weighted by molar-refractivity contribution is 5.95. The minimum absolute atomic E-state index is 0.137. The Morgan fingerprint density at radius 2 is 1.72 bits per heavy atom. The summed E-state index contributed by atoms with van der Waals surface area (Å²) in [5.41, 5.74) is 1.11. The zero-order valence-corrected chi connectivity index (χ0v) is 13.3. The molecular weight excluding hydrogens is 323 g/mol. The number of nitrogens with one attached hydrogen (secondary N) is 2. The van der Waals surface area contributed by atoms with Crippen molar-refractivity contribution in [3.63, 3.8) is 0 Å². The number of carboxylic acids is 1. The van der Waals surface area contributed by atoms with Crippen LogP contribution in [0.4, 0.5) is 27.4 Å². The van der Waals surface area contributed by atoms with Crippen molar-refractivity contribution in [2.45, 2.75) is 6.92 Å². The minimum Gasteiger partial charge on any atom is -0.478 e. The van der Waals surface area contributed by atoms with Gasteiger partial charge in [0, 0.05) is 11.8 Å². The first-order valence-electron chi connectivity index (χ1n) is 7.49. The van der Waals surface area contributed by atoms with Crippen molar-refractivity contribution in [2.75, 3.05) is 10.6 Å². The number of aromatic nitrogens is 2. The molecule has 0 aliphatic rings. The van der Waals surface area contributed by atoms with Gasteiger partial charge in [-0.1, -0.05) is 18.2 Å². The van der Waals surface area contributed by atoms with Crippen LogP contribution in [0.25, 0.3) is 0 Å². The van der Waals surface area contributed by atoms with Gasteiger partial charge in [0.05, 0.1) is 11.3 Å². The molecule has 1 aromatic heterocycles. The monoisotopic (exact) mass is 338 g/mol. The van der Waals surface area contributed by atoms with E-state index in [1.165, 1.54) is 18.2 Å². The topological polar surface area (TPSA) is 87.1 Å². The number of para-hydroxylation sites is 1. The fourth-order valence-corrected chi connectivity index (χ4v) is 2.33. The first-order chi connectivity index (χ1) is 12.0. The standard InChI is InChI=1S/C18H15FN4O2/c1-11-20-16(22-13-6-4-5-12(19)9-13)10-17(21-11)23-15-8-3-2-7-14(15)18(24)25/h2-10H,1H3,(H,24,25)(H2,20,21,22,23). The van der Waals surface area contributed by atoms with Gasteiger partial charge in [0.2, 0.25) is 0 Å². The molecule has 0 spiro atoms. The molecule has 0 saturated carbocycles. The summed E-state index contributed by atoms with van der Waals surface area (Å²) >= 11 is 0. The predicted molar refractivity (Wildman–Crippen MR) is 93.1 cm³/mol. The largest absolute Gasteiger partial charge is 0.478 e. The normalized spacial score (nSPS) is 10.3. The van der Waals surface area contributed by atoms with Crippen molar-refractivity contribution in [3.8, 4) is 0 Å². The fourth-order valence-electron chi connectivity index (χ4n) is 2.33. The van der Waals surface area contributed by atoms with Gasteiger partial charge in [0.25, 0.3) is 0 Å². The van der Waals surface area contributed by atoms with Crippen molar-refractivity contribution in [3.05, 3.63) is 71.8 Å². The predicted octanol–water partition coefficient (Wildman–Crippen LogP) is 4.11. The van der Waals surface area contributed by atoms with E-state index < -0.39 is 5.97 Å². The molecule has 25 heavy (non-hydrogen) atoms. The molecule has 7 heteroatoms. The third-order valence-corrected chi connectivity index (χ3v) is 3.36. The zero-order chi connectivity index (χ0) is 17.8. The van der Waals surface area contributed by atoms with E-state index in [9.17, 15) is 14.3 Å². The number of aromatic carboxylic acids is 1. The van der Waals surface area contributed by atoms with Gasteiger partial charge < -0.3 is 15.7 Å². The van der Waals surface area contributed by atoms with E-state index in [-0.39, 0.29) is 11.4 Å². The van der Waals surface area contributed by atoms with Crippen molar-refractivity contribution in [2.24, 2.45) is 0 Å². The fraction of sp³-hybridized carbons (Fsp3) is 0.0556. The Morgan fingerprint density at radius 1 is 1.00 bits per heavy atom. The van der Waals surface area contributed by atoms with E-state index in [0.29, 0.717) is 28.8 Å². The molecule has 126 valence electrons. The number of carbonyl (C=O) groups is 1. The number of anilines is 4. The van der Waals surface area contributed by atoms with Crippen LogP contribution < -0.4 is 10.6 Å². The lowest BCUT2D eigenvalue weighted by Crippen LogP contribution is -2.05. The molecule has 3 rings (SSSR count). The van der Waals surface area contributed by atoms with E-state index in [2.05, 4.69) is 20.6 Å². The van der Waals surface area contributed by atoms with Gasteiger partial charge in [-0.15, -0.1) is 0 Å². The molecule has 1 heterocycles. The number of aryl methyl sites for hydroxylation is 1. The van der Waals surface area contributed by atoms with Crippen LogP contribution >= 0.6 is 0 Å². The average molecular weight is 338 g/mol. The summed E-state index contributed by atoms with van der Waals surface area (Å²) in [4.78, 5) is 19.8. The summed E-state index contributed by atoms with van der Waals surface area (Å²) in [5, 5.41) is 15.2. The lowest BCUT2D eigenvalue weighted by Gasteiger charge is -2.12. The number of carboxylic acid groups (broad SMARTS) is 1. The summed E-state index contributed by atoms with van der Waals surface area (Å²) < 4.78 is 13.3. The van der Waals surface area contributed by atoms with Gasteiger partial charge in [-0.05, 0) is 37.3 Å². The number of halogens is 1. The van der Waals surface area contributed by atoms with Crippen LogP contribution in [0.1, 0.15) is 16.2 Å². The van der Waals surface area contributed by atoms with Crippen molar-refractivity contribution < 1.29 is 14.3 Å². The summed E-state index contributed by atoms with van der Waals surface area (Å²) in [7, 11) is 0. The van der Waals surface area contributed by atoms with Gasteiger partial charge in [-0.2, -0.15) is 0 Å². The molecular formula is C18H15FN4O2. The van der Waals surface area contributed by atoms with Gasteiger partial charge in [0.15, 0.2) is 0 Å². The van der Waals surface area contributed by atoms with Crippen molar-refractivity contribution >= 4 is 29.0 Å². The number of rotatable bonds is 5. The second kappa shape index (κ2) is 6.96. The van der Waals surface area contributed by atoms with Crippen LogP contribution in [0, 0.1) is 12.7 Å². The van der Waals surface area contributed by atoms with Crippen LogP contribution in [0.15, 0.2) is 54.6 Å². The zero-order valence-electron chi connectivity index (χ0n) is 13.3. The number of hydrogen-bond donors (Lipinski definition) is 3. The first kappa shape index (κ1) is 16.4. The average Bonchev–Trinajstić information content (AvgIpc) is 2.54. The Kier molecular flexibility index (Phi) is 4.56. The molecule has 0 atom stereocenters. The molecule has 0 aliphatic heterocycles. The lowest BCUT2D eigenvalue weighted by molar-refractivity contribution is 0.0698. The lowest BCUT2D eigenvalue weighted by atomic mass is 10.2. The highest BCUT2D eigenvalue weighted by Crippen LogP contribution is 2.23. The summed E-state index contributed by atoms with van der Waals surface area (Å²) in [5.74, 6) is -0.0123. The molecule has 0 fully saturated rings. The Balaban J connectivity index is 1.88. The molecule has 3 N–H and O–H groups in total. The van der Waals surface area contributed by atoms with Crippen molar-refractivity contribution in [1.29, 1.82) is 0 Å². The van der Waals surface area contributed by atoms with Crippen LogP contribution in [0.3, 0.4) is 0 Å². The van der Waals surface area contributed by atoms with Gasteiger partial charge >= 0.3 is 5.97 Å². The maximum absolute atomic E-state index is 13.3. The van der Waals surface area contributed by atoms with Gasteiger partial charge in [-0.25, -0.2) is 19.2 Å². The summed E-state index contributed by atoms with van der Waals surface area (Å²) in [6.07, 6.45) is 0. The highest BCUT2D eigenvalue weighted by atomic mass is 19.1. The molecule has 6 nitrogen and oxygen atoms in total. The maximum atomic E-state index is 13.3. The Morgan fingerprint density at radius 3 is 2.44 bits per heavy atom. The van der Waals surface area contributed by atoms with Crippen LogP contribution in [0.2, 0.25) is 0 Å². The third kappa shape index (κ3) is 4.08. The SMILES string of the molecule is Cc1nc(Nc2cccc(F)c2)cc(Nc2ccccc2C(=O)O)n1. The van der Waals surface area contributed by atoms with Gasteiger partial charge in [0.1, 0.15) is 23.3 Å². The van der Waals surface area contributed by atoms with E-state index in [1.807, 2.05) is 0 Å². The molecule has 0 radical (unpaired) electrons. The van der Waals surface area contributed by atoms with E-state index in [0.717, 1.165) is 0 Å². The number of benzene rings is 2. The van der Waals surface area contributed by atoms with E-state index in [4.69, 9.17) is 0 Å². The van der Waals surface area contributed by atoms with Gasteiger partial charge in [-0.3, -0.25) is 0 Å². The molecule has 0 unspecified atom stereocenters. The first-order valence-corrected chi connectivity index (χ1v) is 7.49.